The van der Waals surface area contributed by atoms with Gasteiger partial charge in [-0.3, -0.25) is 4.79 Å². The number of phenols is 1. The highest BCUT2D eigenvalue weighted by Crippen LogP contribution is 2.28. The molecular weight excluding hydrogens is 308 g/mol. The minimum Gasteiger partial charge on any atom is -0.504 e. The predicted molar refractivity (Wildman–Crippen MR) is 90.6 cm³/mol. The Morgan fingerprint density at radius 3 is 2.92 bits per heavy atom. The maximum atomic E-state index is 12.1. The van der Waals surface area contributed by atoms with Crippen molar-refractivity contribution in [3.8, 4) is 11.5 Å². The van der Waals surface area contributed by atoms with Crippen molar-refractivity contribution in [2.75, 3.05) is 6.61 Å². The molecule has 0 saturated heterocycles. The summed E-state index contributed by atoms with van der Waals surface area (Å²) in [5, 5.41) is 14.7. The maximum absolute atomic E-state index is 12.1. The fraction of sp³-hybridized carbons (Fsp3) is 0.111. The Morgan fingerprint density at radius 2 is 2.12 bits per heavy atom. The van der Waals surface area contributed by atoms with Crippen molar-refractivity contribution in [1.29, 1.82) is 0 Å². The number of benzene rings is 2. The number of hydrogen-bond acceptors (Lipinski definition) is 5. The lowest BCUT2D eigenvalue weighted by atomic mass is 10.2. The number of ether oxygens (including phenoxy) is 1. The number of rotatable bonds is 5. The number of nitrogens with one attached hydrogen (secondary N) is 1. The number of fused-ring (bicyclic) bond motifs is 1. The zero-order valence-corrected chi connectivity index (χ0v) is 13.0. The van der Waals surface area contributed by atoms with E-state index >= 15 is 0 Å². The topological polar surface area (TPSA) is 84.1 Å². The molecule has 0 unspecified atom stereocenters. The lowest BCUT2D eigenvalue weighted by Gasteiger charge is -2.06. The van der Waals surface area contributed by atoms with Gasteiger partial charge in [0.25, 0.3) is 0 Å². The van der Waals surface area contributed by atoms with Crippen LogP contribution in [-0.4, -0.2) is 23.8 Å². The smallest absolute Gasteiger partial charge is 0.307 e. The molecule has 6 nitrogen and oxygen atoms in total. The van der Waals surface area contributed by atoms with Crippen molar-refractivity contribution in [2.24, 2.45) is 5.10 Å². The van der Waals surface area contributed by atoms with E-state index in [0.29, 0.717) is 23.5 Å². The Balaban J connectivity index is 1.72. The average Bonchev–Trinajstić information content (AvgIpc) is 3.02. The Hall–Kier alpha value is -3.28. The Morgan fingerprint density at radius 1 is 1.29 bits per heavy atom. The lowest BCUT2D eigenvalue weighted by Crippen LogP contribution is -2.16. The van der Waals surface area contributed by atoms with E-state index in [9.17, 15) is 9.90 Å². The fourth-order valence-corrected chi connectivity index (χ4v) is 2.22. The van der Waals surface area contributed by atoms with Crippen LogP contribution in [0.4, 0.5) is 0 Å². The summed E-state index contributed by atoms with van der Waals surface area (Å²) in [5.74, 6) is 0.0367. The van der Waals surface area contributed by atoms with Crippen LogP contribution in [0.3, 0.4) is 0 Å². The molecule has 0 bridgehead atoms. The Labute approximate surface area is 138 Å². The maximum Gasteiger partial charge on any atom is 0.307 e. The van der Waals surface area contributed by atoms with Gasteiger partial charge in [-0.15, -0.1) is 0 Å². The first kappa shape index (κ1) is 15.6. The number of nitrogens with zero attached hydrogens (tertiary/aromatic N) is 1. The van der Waals surface area contributed by atoms with Crippen LogP contribution in [0, 0.1) is 0 Å². The molecule has 0 fully saturated rings. The van der Waals surface area contributed by atoms with E-state index in [4.69, 9.17) is 9.15 Å². The average molecular weight is 324 g/mol. The molecule has 1 heterocycles. The molecule has 3 aromatic rings. The molecule has 0 aliphatic carbocycles. The molecule has 0 spiro atoms. The first-order valence-electron chi connectivity index (χ1n) is 7.46. The second-order valence-corrected chi connectivity index (χ2v) is 4.97. The summed E-state index contributed by atoms with van der Waals surface area (Å²) in [4.78, 5) is 12.1. The number of aromatic hydroxyl groups is 1. The highest BCUT2D eigenvalue weighted by atomic mass is 16.5. The second kappa shape index (κ2) is 6.87. The highest BCUT2D eigenvalue weighted by Gasteiger charge is 2.11. The summed E-state index contributed by atoms with van der Waals surface area (Å²) in [6, 6.07) is 14.0. The minimum atomic E-state index is -0.470. The summed E-state index contributed by atoms with van der Waals surface area (Å²) in [5.41, 5.74) is 3.44. The number of phenolic OH excluding ortho intramolecular Hbond substituents is 1. The molecule has 122 valence electrons. The van der Waals surface area contributed by atoms with Gasteiger partial charge in [0.05, 0.1) is 12.8 Å². The third-order valence-electron chi connectivity index (χ3n) is 3.35. The molecule has 6 heteroatoms. The fourth-order valence-electron chi connectivity index (χ4n) is 2.22. The summed E-state index contributed by atoms with van der Waals surface area (Å²) < 4.78 is 10.7. The molecule has 1 aromatic heterocycles. The number of amides is 1. The van der Waals surface area contributed by atoms with Crippen LogP contribution in [0.5, 0.6) is 11.5 Å². The van der Waals surface area contributed by atoms with E-state index in [1.54, 1.807) is 30.3 Å². The molecule has 0 saturated carbocycles. The van der Waals surface area contributed by atoms with E-state index in [0.717, 1.165) is 5.39 Å². The van der Waals surface area contributed by atoms with Gasteiger partial charge in [-0.05, 0) is 31.2 Å². The first-order valence-corrected chi connectivity index (χ1v) is 7.46. The molecule has 2 N–H and O–H groups in total. The van der Waals surface area contributed by atoms with Crippen LogP contribution < -0.4 is 10.2 Å². The van der Waals surface area contributed by atoms with Gasteiger partial charge in [-0.25, -0.2) is 5.43 Å². The van der Waals surface area contributed by atoms with Crippen molar-refractivity contribution >= 4 is 23.1 Å². The summed E-state index contributed by atoms with van der Waals surface area (Å²) in [6.07, 6.45) is 1.35. The Bertz CT molecular complexity index is 866. The van der Waals surface area contributed by atoms with E-state index in [1.807, 2.05) is 25.1 Å². The van der Waals surface area contributed by atoms with E-state index in [1.165, 1.54) is 6.21 Å². The molecule has 0 aliphatic rings. The number of para-hydroxylation sites is 2. The predicted octanol–water partition coefficient (Wildman–Crippen LogP) is 3.30. The van der Waals surface area contributed by atoms with Crippen molar-refractivity contribution in [2.45, 2.75) is 6.92 Å². The van der Waals surface area contributed by atoms with Crippen LogP contribution in [0.25, 0.3) is 11.0 Å². The number of carbonyl (C=O) groups excluding carboxylic acids is 1. The quantitative estimate of drug-likeness (QED) is 0.557. The molecule has 24 heavy (non-hydrogen) atoms. The second-order valence-electron chi connectivity index (χ2n) is 4.97. The SMILES string of the molecule is CCOc1cccc(/C=N/NC(=O)c2cc3ccccc3o2)c1O. The molecular formula is C18H16N2O4. The zero-order chi connectivity index (χ0) is 16.9. The van der Waals surface area contributed by atoms with Gasteiger partial charge in [0, 0.05) is 10.9 Å². The largest absolute Gasteiger partial charge is 0.504 e. The summed E-state index contributed by atoms with van der Waals surface area (Å²) in [6.45, 7) is 2.27. The van der Waals surface area contributed by atoms with Crippen molar-refractivity contribution in [3.63, 3.8) is 0 Å². The van der Waals surface area contributed by atoms with Crippen LogP contribution in [0.2, 0.25) is 0 Å². The summed E-state index contributed by atoms with van der Waals surface area (Å²) in [7, 11) is 0. The molecule has 3 rings (SSSR count). The molecule has 1 amide bonds. The zero-order valence-electron chi connectivity index (χ0n) is 13.0. The lowest BCUT2D eigenvalue weighted by molar-refractivity contribution is 0.0929. The van der Waals surface area contributed by atoms with Crippen LogP contribution in [-0.2, 0) is 0 Å². The number of hydrogen-bond donors (Lipinski definition) is 2. The van der Waals surface area contributed by atoms with Gasteiger partial charge in [-0.1, -0.05) is 24.3 Å². The van der Waals surface area contributed by atoms with E-state index in [-0.39, 0.29) is 11.5 Å². The van der Waals surface area contributed by atoms with Gasteiger partial charge in [0.2, 0.25) is 0 Å². The standard InChI is InChI=1S/C18H16N2O4/c1-2-23-15-9-5-7-13(17(15)21)11-19-20-18(22)16-10-12-6-3-4-8-14(12)24-16/h3-11,21H,2H2,1H3,(H,20,22)/b19-11+. The van der Waals surface area contributed by atoms with Gasteiger partial charge in [-0.2, -0.15) is 5.10 Å². The third-order valence-corrected chi connectivity index (χ3v) is 3.35. The molecule has 0 atom stereocenters. The molecule has 0 radical (unpaired) electrons. The molecule has 0 aliphatic heterocycles. The third kappa shape index (κ3) is 3.22. The summed E-state index contributed by atoms with van der Waals surface area (Å²) >= 11 is 0. The van der Waals surface area contributed by atoms with Crippen LogP contribution in [0.1, 0.15) is 23.0 Å². The first-order chi connectivity index (χ1) is 11.7. The van der Waals surface area contributed by atoms with Crippen LogP contribution >= 0.6 is 0 Å². The van der Waals surface area contributed by atoms with E-state index in [2.05, 4.69) is 10.5 Å². The van der Waals surface area contributed by atoms with E-state index < -0.39 is 5.91 Å². The highest BCUT2D eigenvalue weighted by molar-refractivity contribution is 5.96. The normalized spacial score (nSPS) is 11.0. The monoisotopic (exact) mass is 324 g/mol. The molecule has 2 aromatic carbocycles. The van der Waals surface area contributed by atoms with Gasteiger partial charge >= 0.3 is 5.91 Å². The van der Waals surface area contributed by atoms with Gasteiger partial charge in [0.1, 0.15) is 5.58 Å². The number of furan rings is 1. The number of hydrazone groups is 1. The minimum absolute atomic E-state index is 0.0268. The number of carbonyl (C=O) groups is 1. The van der Waals surface area contributed by atoms with Gasteiger partial charge in [0.15, 0.2) is 17.3 Å². The van der Waals surface area contributed by atoms with Crippen LogP contribution in [0.15, 0.2) is 58.0 Å². The Kier molecular flexibility index (Phi) is 4.47. The van der Waals surface area contributed by atoms with Gasteiger partial charge < -0.3 is 14.3 Å². The van der Waals surface area contributed by atoms with Crippen molar-refractivity contribution in [3.05, 3.63) is 59.9 Å². The van der Waals surface area contributed by atoms with Crippen molar-refractivity contribution in [1.82, 2.24) is 5.43 Å². The van der Waals surface area contributed by atoms with Crippen molar-refractivity contribution < 1.29 is 19.1 Å².